The van der Waals surface area contributed by atoms with Crippen molar-refractivity contribution in [1.82, 2.24) is 0 Å². The Kier molecular flexibility index (Phi) is 71.6. The molecule has 584 valence electrons. The lowest BCUT2D eigenvalue weighted by Gasteiger charge is -2.21. The third-order valence-corrected chi connectivity index (χ3v) is 19.3. The minimum Gasteiger partial charge on any atom is -0.462 e. The number of ether oxygens (including phenoxy) is 4. The minimum atomic E-state index is -4.98. The number of carbonyl (C=O) groups is 4. The highest BCUT2D eigenvalue weighted by Crippen LogP contribution is 2.45. The molecule has 5 atom stereocenters. The second kappa shape index (κ2) is 74.0. The monoisotopic (exact) mass is 1460 g/mol. The van der Waals surface area contributed by atoms with Gasteiger partial charge < -0.3 is 33.8 Å². The van der Waals surface area contributed by atoms with E-state index in [4.69, 9.17) is 37.0 Å². The Morgan fingerprint density at radius 2 is 0.490 bits per heavy atom. The van der Waals surface area contributed by atoms with Crippen LogP contribution in [0.3, 0.4) is 0 Å². The number of aliphatic hydroxyl groups is 1. The lowest BCUT2D eigenvalue weighted by Crippen LogP contribution is -2.30. The molecule has 0 radical (unpaired) electrons. The largest absolute Gasteiger partial charge is 0.472 e. The van der Waals surface area contributed by atoms with E-state index in [1.165, 1.54) is 135 Å². The quantitative estimate of drug-likeness (QED) is 0.0169. The molecule has 0 bridgehead atoms. The van der Waals surface area contributed by atoms with Crippen LogP contribution in [-0.2, 0) is 65.4 Å². The summed E-state index contributed by atoms with van der Waals surface area (Å²) in [6, 6.07) is 0. The van der Waals surface area contributed by atoms with Crippen LogP contribution in [0.1, 0.15) is 374 Å². The van der Waals surface area contributed by atoms with Crippen LogP contribution in [0.4, 0.5) is 0 Å². The molecule has 0 aromatic heterocycles. The van der Waals surface area contributed by atoms with Crippen LogP contribution in [0.15, 0.2) is 60.8 Å². The number of unbranched alkanes of at least 4 members (excludes halogenated alkanes) is 41. The van der Waals surface area contributed by atoms with Gasteiger partial charge in [-0.3, -0.25) is 37.3 Å². The SMILES string of the molecule is CCCCCC=CCC=CCCCCCCCC(=O)OC(COC(=O)CCCCCCCC=CCCCCCCCC)COP(=O)(O)OCC(O)COP(=O)(O)OCC(COC(=O)CCCCCCCC=CCCCCCCCC)OC(=O)CCCCCCCC=CCCCCCCCC. The molecule has 0 aliphatic heterocycles. The van der Waals surface area contributed by atoms with Crippen molar-refractivity contribution in [3.05, 3.63) is 60.8 Å². The first-order chi connectivity index (χ1) is 48.7. The van der Waals surface area contributed by atoms with Gasteiger partial charge in [-0.25, -0.2) is 9.13 Å². The van der Waals surface area contributed by atoms with Gasteiger partial charge in [0.05, 0.1) is 26.4 Å². The van der Waals surface area contributed by atoms with E-state index in [1.807, 2.05) is 0 Å². The zero-order chi connectivity index (χ0) is 73.2. The highest BCUT2D eigenvalue weighted by Gasteiger charge is 2.30. The predicted molar refractivity (Wildman–Crippen MR) is 409 cm³/mol. The predicted octanol–water partition coefficient (Wildman–Crippen LogP) is 23.5. The molecular weight excluding hydrogens is 1310 g/mol. The average molecular weight is 1460 g/mol. The molecule has 100 heavy (non-hydrogen) atoms. The highest BCUT2D eigenvalue weighted by molar-refractivity contribution is 7.47. The molecule has 17 nitrogen and oxygen atoms in total. The Morgan fingerprint density at radius 3 is 0.770 bits per heavy atom. The molecule has 0 amide bonds. The van der Waals surface area contributed by atoms with Gasteiger partial charge in [0.25, 0.3) is 0 Å². The second-order valence-corrected chi connectivity index (χ2v) is 30.3. The molecule has 0 aliphatic rings. The molecule has 0 aromatic rings. The van der Waals surface area contributed by atoms with Gasteiger partial charge in [-0.2, -0.15) is 0 Å². The maximum atomic E-state index is 13.1. The highest BCUT2D eigenvalue weighted by atomic mass is 31.2. The molecule has 0 rings (SSSR count). The maximum Gasteiger partial charge on any atom is 0.472 e. The van der Waals surface area contributed by atoms with Crippen molar-refractivity contribution in [2.45, 2.75) is 393 Å². The van der Waals surface area contributed by atoms with Crippen molar-refractivity contribution in [2.24, 2.45) is 0 Å². The van der Waals surface area contributed by atoms with Crippen LogP contribution in [0, 0.1) is 0 Å². The minimum absolute atomic E-state index is 0.0808. The third kappa shape index (κ3) is 73.1. The molecule has 0 fully saturated rings. The Labute approximate surface area is 610 Å². The maximum absolute atomic E-state index is 13.1. The summed E-state index contributed by atoms with van der Waals surface area (Å²) in [4.78, 5) is 73.0. The molecule has 0 aliphatic carbocycles. The van der Waals surface area contributed by atoms with Gasteiger partial charge >= 0.3 is 39.5 Å². The summed E-state index contributed by atoms with van der Waals surface area (Å²) in [5.74, 6) is -2.19. The first-order valence-electron chi connectivity index (χ1n) is 40.5. The van der Waals surface area contributed by atoms with Crippen molar-refractivity contribution in [1.29, 1.82) is 0 Å². The number of hydrogen-bond acceptors (Lipinski definition) is 15. The summed E-state index contributed by atoms with van der Waals surface area (Å²) in [6.45, 7) is 4.86. The smallest absolute Gasteiger partial charge is 0.462 e. The van der Waals surface area contributed by atoms with Gasteiger partial charge in [-0.05, 0) is 135 Å². The summed E-state index contributed by atoms with van der Waals surface area (Å²) in [5, 5.41) is 10.6. The van der Waals surface area contributed by atoms with Gasteiger partial charge in [0.15, 0.2) is 12.2 Å². The van der Waals surface area contributed by atoms with Crippen LogP contribution >= 0.6 is 15.6 Å². The Balaban J connectivity index is 5.36. The molecule has 19 heteroatoms. The second-order valence-electron chi connectivity index (χ2n) is 27.3. The van der Waals surface area contributed by atoms with Crippen molar-refractivity contribution < 1.29 is 80.2 Å². The van der Waals surface area contributed by atoms with Gasteiger partial charge in [-0.1, -0.05) is 275 Å². The summed E-state index contributed by atoms with van der Waals surface area (Å²) in [6.07, 6.45) is 73.3. The van der Waals surface area contributed by atoms with Crippen LogP contribution in [0.2, 0.25) is 0 Å². The number of phosphoric acid groups is 2. The Bertz CT molecular complexity index is 2130. The van der Waals surface area contributed by atoms with Crippen molar-refractivity contribution in [2.75, 3.05) is 39.6 Å². The molecule has 0 heterocycles. The van der Waals surface area contributed by atoms with E-state index in [0.717, 1.165) is 161 Å². The zero-order valence-electron chi connectivity index (χ0n) is 63.9. The first-order valence-corrected chi connectivity index (χ1v) is 43.5. The van der Waals surface area contributed by atoms with Crippen LogP contribution in [-0.4, -0.2) is 96.7 Å². The molecule has 0 spiro atoms. The Hall–Kier alpha value is -3.24. The fourth-order valence-corrected chi connectivity index (χ4v) is 12.8. The van der Waals surface area contributed by atoms with E-state index in [-0.39, 0.29) is 25.7 Å². The average Bonchev–Trinajstić information content (AvgIpc) is 1.25. The van der Waals surface area contributed by atoms with E-state index >= 15 is 0 Å². The lowest BCUT2D eigenvalue weighted by molar-refractivity contribution is -0.161. The molecular formula is C81H148O17P2. The molecule has 0 aromatic carbocycles. The van der Waals surface area contributed by atoms with Gasteiger partial charge in [0, 0.05) is 25.7 Å². The molecule has 0 saturated heterocycles. The zero-order valence-corrected chi connectivity index (χ0v) is 65.7. The number of allylic oxidation sites excluding steroid dienone is 10. The van der Waals surface area contributed by atoms with Gasteiger partial charge in [0.2, 0.25) is 0 Å². The molecule has 3 N–H and O–H groups in total. The summed E-state index contributed by atoms with van der Waals surface area (Å²) in [5.41, 5.74) is 0. The lowest BCUT2D eigenvalue weighted by atomic mass is 10.1. The van der Waals surface area contributed by atoms with E-state index in [1.54, 1.807) is 0 Å². The van der Waals surface area contributed by atoms with Gasteiger partial charge in [0.1, 0.15) is 19.3 Å². The van der Waals surface area contributed by atoms with Crippen LogP contribution in [0.25, 0.3) is 0 Å². The standard InChI is InChI=1S/C81H148O17P2/c1-5-9-13-17-21-25-29-33-37-41-45-49-53-57-61-65-78(83)91-71-76(97-80(85)67-63-59-55-51-47-43-39-35-31-27-23-19-15-11-7-3)73-95-99(87,88)93-69-75(82)70-94-100(89,90)96-74-77(98-81(86)68-64-60-56-52-48-44-40-36-32-28-24-20-16-12-8-4)72-92-79(84)66-62-58-54-50-46-42-38-34-30-26-22-18-14-10-6-2/h23,27,33-40,75-77,82H,5-22,24-26,28-32,41-74H2,1-4H3,(H,87,88)(H,89,90). The third-order valence-electron chi connectivity index (χ3n) is 17.4. The number of phosphoric ester groups is 2. The summed E-state index contributed by atoms with van der Waals surface area (Å²) < 4.78 is 68.6. The van der Waals surface area contributed by atoms with E-state index in [9.17, 15) is 43.2 Å². The topological polar surface area (TPSA) is 237 Å². The number of hydrogen-bond donors (Lipinski definition) is 3. The van der Waals surface area contributed by atoms with E-state index < -0.39 is 97.5 Å². The molecule has 5 unspecified atom stereocenters. The summed E-state index contributed by atoms with van der Waals surface area (Å²) in [7, 11) is -9.95. The van der Waals surface area contributed by atoms with Crippen molar-refractivity contribution >= 4 is 39.5 Å². The number of rotatable bonds is 77. The van der Waals surface area contributed by atoms with Crippen molar-refractivity contribution in [3.63, 3.8) is 0 Å². The summed E-state index contributed by atoms with van der Waals surface area (Å²) >= 11 is 0. The normalized spacial score (nSPS) is 14.2. The number of aliphatic hydroxyl groups excluding tert-OH is 1. The van der Waals surface area contributed by atoms with Crippen molar-refractivity contribution in [3.8, 4) is 0 Å². The number of esters is 4. The Morgan fingerprint density at radius 1 is 0.280 bits per heavy atom. The van der Waals surface area contributed by atoms with E-state index in [0.29, 0.717) is 25.7 Å². The fourth-order valence-electron chi connectivity index (χ4n) is 11.2. The number of carbonyl (C=O) groups excluding carboxylic acids is 4. The van der Waals surface area contributed by atoms with Crippen LogP contribution in [0.5, 0.6) is 0 Å². The van der Waals surface area contributed by atoms with Gasteiger partial charge in [-0.15, -0.1) is 0 Å². The van der Waals surface area contributed by atoms with E-state index in [2.05, 4.69) is 88.5 Å². The molecule has 0 saturated carbocycles. The van der Waals surface area contributed by atoms with Crippen LogP contribution < -0.4 is 0 Å². The first kappa shape index (κ1) is 96.8. The fraction of sp³-hybridized carbons (Fsp3) is 0.827.